The van der Waals surface area contributed by atoms with Crippen molar-refractivity contribution < 1.29 is 35.1 Å². The molecular formula is C15H15F3N2O5S. The normalized spacial score (nSPS) is 12.7. The lowest BCUT2D eigenvalue weighted by molar-refractivity contribution is -0.137. The van der Waals surface area contributed by atoms with Gasteiger partial charge in [-0.1, -0.05) is 22.4 Å². The molecule has 0 fully saturated rings. The fourth-order valence-corrected chi connectivity index (χ4v) is 2.24. The van der Waals surface area contributed by atoms with Crippen molar-refractivity contribution in [2.75, 3.05) is 12.9 Å². The van der Waals surface area contributed by atoms with Gasteiger partial charge in [0.2, 0.25) is 0 Å². The molecule has 0 aliphatic carbocycles. The summed E-state index contributed by atoms with van der Waals surface area (Å²) in [5.41, 5.74) is -0.171. The van der Waals surface area contributed by atoms with Gasteiger partial charge in [-0.3, -0.25) is 4.18 Å². The number of hydrogen-bond donors (Lipinski definition) is 0. The van der Waals surface area contributed by atoms with Crippen LogP contribution in [0, 0.1) is 0 Å². The fourth-order valence-electron chi connectivity index (χ4n) is 1.91. The van der Waals surface area contributed by atoms with Crippen LogP contribution >= 0.6 is 0 Å². The van der Waals surface area contributed by atoms with E-state index >= 15 is 0 Å². The first-order valence-electron chi connectivity index (χ1n) is 7.27. The van der Waals surface area contributed by atoms with Crippen LogP contribution in [0.4, 0.5) is 13.2 Å². The lowest BCUT2D eigenvalue weighted by atomic mass is 10.1. The second-order valence-electron chi connectivity index (χ2n) is 5.07. The molecule has 2 rings (SSSR count). The van der Waals surface area contributed by atoms with Crippen LogP contribution in [0.25, 0.3) is 11.3 Å². The SMILES string of the molecule is CCO/N=C\c1c(COS(C)(=O)=O)noc1-c1ccc(C(F)(F)F)cc1. The van der Waals surface area contributed by atoms with E-state index in [1.807, 2.05) is 0 Å². The van der Waals surface area contributed by atoms with E-state index in [1.54, 1.807) is 6.92 Å². The van der Waals surface area contributed by atoms with E-state index in [0.717, 1.165) is 18.4 Å². The highest BCUT2D eigenvalue weighted by atomic mass is 32.2. The number of aromatic nitrogens is 1. The van der Waals surface area contributed by atoms with Gasteiger partial charge in [0.1, 0.15) is 18.9 Å². The van der Waals surface area contributed by atoms with Crippen LogP contribution in [0.3, 0.4) is 0 Å². The minimum Gasteiger partial charge on any atom is -0.396 e. The van der Waals surface area contributed by atoms with Crippen LogP contribution in [0.2, 0.25) is 0 Å². The summed E-state index contributed by atoms with van der Waals surface area (Å²) in [6.45, 7) is 1.57. The van der Waals surface area contributed by atoms with Crippen LogP contribution in [0.1, 0.15) is 23.7 Å². The Labute approximate surface area is 147 Å². The molecule has 0 bridgehead atoms. The standard InChI is InChI=1S/C15H15F3N2O5S/c1-3-23-19-8-12-13(9-24-26(2,21)22)20-25-14(12)10-4-6-11(7-5-10)15(16,17)18/h4-8H,3,9H2,1-2H3/b19-8-. The van der Waals surface area contributed by atoms with E-state index in [1.165, 1.54) is 18.3 Å². The zero-order chi connectivity index (χ0) is 19.4. The van der Waals surface area contributed by atoms with Crippen molar-refractivity contribution in [1.29, 1.82) is 0 Å². The van der Waals surface area contributed by atoms with E-state index in [2.05, 4.69) is 14.5 Å². The molecule has 0 aliphatic heterocycles. The van der Waals surface area contributed by atoms with Gasteiger partial charge in [0.25, 0.3) is 10.1 Å². The Bertz CT molecular complexity index is 874. The van der Waals surface area contributed by atoms with Crippen LogP contribution in [-0.4, -0.2) is 32.7 Å². The van der Waals surface area contributed by atoms with Gasteiger partial charge in [-0.25, -0.2) is 0 Å². The zero-order valence-electron chi connectivity index (χ0n) is 13.8. The Hall–Kier alpha value is -2.40. The molecular weight excluding hydrogens is 377 g/mol. The van der Waals surface area contributed by atoms with Gasteiger partial charge in [-0.2, -0.15) is 21.6 Å². The van der Waals surface area contributed by atoms with Crippen molar-refractivity contribution in [1.82, 2.24) is 5.16 Å². The molecule has 26 heavy (non-hydrogen) atoms. The highest BCUT2D eigenvalue weighted by molar-refractivity contribution is 7.85. The molecule has 1 aromatic carbocycles. The predicted octanol–water partition coefficient (Wildman–Crippen LogP) is 3.21. The molecule has 1 aromatic heterocycles. The number of oxime groups is 1. The Kier molecular flexibility index (Phi) is 6.03. The molecule has 1 heterocycles. The van der Waals surface area contributed by atoms with Gasteiger partial charge in [0.05, 0.1) is 23.6 Å². The minimum absolute atomic E-state index is 0.105. The maximum Gasteiger partial charge on any atom is 0.416 e. The van der Waals surface area contributed by atoms with Crippen molar-refractivity contribution >= 4 is 16.3 Å². The third kappa shape index (κ3) is 5.30. The summed E-state index contributed by atoms with van der Waals surface area (Å²) in [5.74, 6) is 0.106. The molecule has 0 atom stereocenters. The molecule has 0 N–H and O–H groups in total. The van der Waals surface area contributed by atoms with Crippen molar-refractivity contribution in [2.24, 2.45) is 5.16 Å². The average molecular weight is 392 g/mol. The molecule has 2 aromatic rings. The molecule has 0 unspecified atom stereocenters. The third-order valence-electron chi connectivity index (χ3n) is 3.07. The molecule has 11 heteroatoms. The van der Waals surface area contributed by atoms with Crippen LogP contribution in [0.15, 0.2) is 33.9 Å². The van der Waals surface area contributed by atoms with Gasteiger partial charge in [0.15, 0.2) is 5.76 Å². The highest BCUT2D eigenvalue weighted by Gasteiger charge is 2.30. The summed E-state index contributed by atoms with van der Waals surface area (Å²) in [6.07, 6.45) is -2.36. The van der Waals surface area contributed by atoms with Crippen molar-refractivity contribution in [3.63, 3.8) is 0 Å². The quantitative estimate of drug-likeness (QED) is 0.408. The number of alkyl halides is 3. The molecule has 0 radical (unpaired) electrons. The maximum absolute atomic E-state index is 12.7. The van der Waals surface area contributed by atoms with Gasteiger partial charge in [-0.15, -0.1) is 0 Å². The van der Waals surface area contributed by atoms with Gasteiger partial charge in [-0.05, 0) is 19.1 Å². The molecule has 0 saturated carbocycles. The average Bonchev–Trinajstić information content (AvgIpc) is 2.95. The largest absolute Gasteiger partial charge is 0.416 e. The van der Waals surface area contributed by atoms with Crippen LogP contribution in [0.5, 0.6) is 0 Å². The third-order valence-corrected chi connectivity index (χ3v) is 3.62. The number of halogens is 3. The lowest BCUT2D eigenvalue weighted by Crippen LogP contribution is -2.05. The zero-order valence-corrected chi connectivity index (χ0v) is 14.6. The molecule has 142 valence electrons. The first-order chi connectivity index (χ1) is 12.1. The van der Waals surface area contributed by atoms with E-state index in [4.69, 9.17) is 9.36 Å². The van der Waals surface area contributed by atoms with Crippen molar-refractivity contribution in [2.45, 2.75) is 19.7 Å². The first-order valence-corrected chi connectivity index (χ1v) is 9.09. The fraction of sp³-hybridized carbons (Fsp3) is 0.333. The second kappa shape index (κ2) is 7.87. The van der Waals surface area contributed by atoms with Gasteiger partial charge < -0.3 is 9.36 Å². The number of nitrogens with zero attached hydrogens (tertiary/aromatic N) is 2. The number of benzene rings is 1. The summed E-state index contributed by atoms with van der Waals surface area (Å²) in [5, 5.41) is 7.38. The predicted molar refractivity (Wildman–Crippen MR) is 85.8 cm³/mol. The monoisotopic (exact) mass is 392 g/mol. The summed E-state index contributed by atoms with van der Waals surface area (Å²) in [4.78, 5) is 4.85. The first kappa shape index (κ1) is 19.9. The van der Waals surface area contributed by atoms with Crippen LogP contribution < -0.4 is 0 Å². The highest BCUT2D eigenvalue weighted by Crippen LogP contribution is 2.32. The Morgan fingerprint density at radius 1 is 1.27 bits per heavy atom. The molecule has 0 amide bonds. The van der Waals surface area contributed by atoms with E-state index in [-0.39, 0.29) is 23.6 Å². The number of hydrogen-bond acceptors (Lipinski definition) is 7. The Morgan fingerprint density at radius 2 is 1.92 bits per heavy atom. The van der Waals surface area contributed by atoms with E-state index in [9.17, 15) is 21.6 Å². The second-order valence-corrected chi connectivity index (χ2v) is 6.71. The molecule has 0 spiro atoms. The van der Waals surface area contributed by atoms with Gasteiger partial charge in [0, 0.05) is 5.56 Å². The van der Waals surface area contributed by atoms with Crippen molar-refractivity contribution in [3.05, 3.63) is 41.1 Å². The number of rotatable bonds is 7. The lowest BCUT2D eigenvalue weighted by Gasteiger charge is -2.06. The Morgan fingerprint density at radius 3 is 2.46 bits per heavy atom. The minimum atomic E-state index is -4.46. The summed E-state index contributed by atoms with van der Waals surface area (Å²) < 4.78 is 70.1. The van der Waals surface area contributed by atoms with Crippen LogP contribution in [-0.2, 0) is 31.9 Å². The summed E-state index contributed by atoms with van der Waals surface area (Å²) >= 11 is 0. The van der Waals surface area contributed by atoms with Gasteiger partial charge >= 0.3 is 6.18 Å². The maximum atomic E-state index is 12.7. The van der Waals surface area contributed by atoms with Crippen molar-refractivity contribution in [3.8, 4) is 11.3 Å². The molecule has 7 nitrogen and oxygen atoms in total. The topological polar surface area (TPSA) is 91.0 Å². The summed E-state index contributed by atoms with van der Waals surface area (Å²) in [7, 11) is -3.72. The van der Waals surface area contributed by atoms with E-state index < -0.39 is 28.5 Å². The van der Waals surface area contributed by atoms with E-state index in [0.29, 0.717) is 5.56 Å². The smallest absolute Gasteiger partial charge is 0.396 e. The Balaban J connectivity index is 2.39. The molecule has 0 saturated heterocycles. The summed E-state index contributed by atoms with van der Waals surface area (Å²) in [6, 6.07) is 4.22. The molecule has 0 aliphatic rings.